The minimum absolute atomic E-state index is 0.125. The van der Waals surface area contributed by atoms with Gasteiger partial charge in [0, 0.05) is 11.6 Å². The van der Waals surface area contributed by atoms with Crippen LogP contribution < -0.4 is 9.46 Å². The second-order valence-corrected chi connectivity index (χ2v) is 7.21. The van der Waals surface area contributed by atoms with E-state index in [1.165, 1.54) is 0 Å². The van der Waals surface area contributed by atoms with Gasteiger partial charge in [0.1, 0.15) is 12.4 Å². The zero-order valence-corrected chi connectivity index (χ0v) is 14.0. The van der Waals surface area contributed by atoms with E-state index in [0.29, 0.717) is 21.4 Å². The van der Waals surface area contributed by atoms with Crippen molar-refractivity contribution in [2.75, 3.05) is 13.2 Å². The van der Waals surface area contributed by atoms with Crippen LogP contribution >= 0.6 is 23.2 Å². The first-order valence-corrected chi connectivity index (χ1v) is 8.96. The molecule has 0 spiro atoms. The van der Waals surface area contributed by atoms with Crippen LogP contribution in [0.2, 0.25) is 10.0 Å². The zero-order valence-electron chi connectivity index (χ0n) is 11.6. The van der Waals surface area contributed by atoms with Crippen molar-refractivity contribution in [3.05, 3.63) is 64.1 Å². The molecule has 0 radical (unpaired) electrons. The summed E-state index contributed by atoms with van der Waals surface area (Å²) in [4.78, 5) is 0. The standard InChI is InChI=1S/C15H15Cl2NO3S/c16-13-5-3-4-12(10-13)11-22(19,20)18-8-9-21-15-7-2-1-6-14(15)17/h1-7,10,18H,8-9,11H2. The Kier molecular flexibility index (Phi) is 6.08. The molecule has 118 valence electrons. The molecule has 0 saturated carbocycles. The molecule has 2 rings (SSSR count). The lowest BCUT2D eigenvalue weighted by Gasteiger charge is -2.09. The molecule has 0 saturated heterocycles. The molecule has 1 N–H and O–H groups in total. The maximum atomic E-state index is 12.0. The molecule has 0 aliphatic carbocycles. The molecule has 22 heavy (non-hydrogen) atoms. The summed E-state index contributed by atoms with van der Waals surface area (Å²) in [7, 11) is -3.44. The highest BCUT2D eigenvalue weighted by atomic mass is 35.5. The van der Waals surface area contributed by atoms with E-state index >= 15 is 0 Å². The third-order valence-corrected chi connectivity index (χ3v) is 4.67. The van der Waals surface area contributed by atoms with E-state index in [-0.39, 0.29) is 18.9 Å². The van der Waals surface area contributed by atoms with Crippen LogP contribution in [0.3, 0.4) is 0 Å². The number of hydrogen-bond acceptors (Lipinski definition) is 3. The lowest BCUT2D eigenvalue weighted by Crippen LogP contribution is -2.29. The second kappa shape index (κ2) is 7.83. The van der Waals surface area contributed by atoms with E-state index in [2.05, 4.69) is 4.72 Å². The van der Waals surface area contributed by atoms with E-state index in [1.807, 2.05) is 0 Å². The van der Waals surface area contributed by atoms with Gasteiger partial charge >= 0.3 is 0 Å². The minimum Gasteiger partial charge on any atom is -0.491 e. The molecule has 0 heterocycles. The molecule has 0 aliphatic rings. The summed E-state index contributed by atoms with van der Waals surface area (Å²) in [6, 6.07) is 13.8. The van der Waals surface area contributed by atoms with Gasteiger partial charge in [-0.25, -0.2) is 13.1 Å². The SMILES string of the molecule is O=S(=O)(Cc1cccc(Cl)c1)NCCOc1ccccc1Cl. The first-order valence-electron chi connectivity index (χ1n) is 6.55. The Balaban J connectivity index is 1.82. The summed E-state index contributed by atoms with van der Waals surface area (Å²) in [5.74, 6) is 0.401. The maximum absolute atomic E-state index is 12.0. The molecule has 0 aliphatic heterocycles. The molecule has 0 amide bonds. The Morgan fingerprint density at radius 2 is 1.82 bits per heavy atom. The van der Waals surface area contributed by atoms with Crippen molar-refractivity contribution in [2.45, 2.75) is 5.75 Å². The van der Waals surface area contributed by atoms with Gasteiger partial charge in [-0.15, -0.1) is 0 Å². The van der Waals surface area contributed by atoms with Crippen molar-refractivity contribution in [1.82, 2.24) is 4.72 Å². The molecule has 2 aromatic rings. The molecule has 4 nitrogen and oxygen atoms in total. The van der Waals surface area contributed by atoms with E-state index < -0.39 is 10.0 Å². The van der Waals surface area contributed by atoms with Crippen LogP contribution in [0.4, 0.5) is 0 Å². The number of rotatable bonds is 7. The number of para-hydroxylation sites is 1. The van der Waals surface area contributed by atoms with Gasteiger partial charge in [0.2, 0.25) is 10.0 Å². The van der Waals surface area contributed by atoms with Gasteiger partial charge in [0.25, 0.3) is 0 Å². The largest absolute Gasteiger partial charge is 0.491 e. The molecule has 0 fully saturated rings. The van der Waals surface area contributed by atoms with Crippen LogP contribution in [0.5, 0.6) is 5.75 Å². The fourth-order valence-corrected chi connectivity index (χ4v) is 3.34. The highest BCUT2D eigenvalue weighted by Gasteiger charge is 2.11. The van der Waals surface area contributed by atoms with Crippen molar-refractivity contribution in [1.29, 1.82) is 0 Å². The first-order chi connectivity index (χ1) is 10.5. The predicted octanol–water partition coefficient (Wildman–Crippen LogP) is 3.49. The van der Waals surface area contributed by atoms with Gasteiger partial charge in [0.15, 0.2) is 0 Å². The van der Waals surface area contributed by atoms with Crippen molar-refractivity contribution in [3.8, 4) is 5.75 Å². The van der Waals surface area contributed by atoms with Gasteiger partial charge in [0.05, 0.1) is 10.8 Å². The molecular weight excluding hydrogens is 345 g/mol. The molecule has 2 aromatic carbocycles. The molecular formula is C15H15Cl2NO3S. The Morgan fingerprint density at radius 1 is 1.05 bits per heavy atom. The van der Waals surface area contributed by atoms with E-state index in [9.17, 15) is 8.42 Å². The van der Waals surface area contributed by atoms with Crippen LogP contribution in [0.25, 0.3) is 0 Å². The molecule has 7 heteroatoms. The summed E-state index contributed by atoms with van der Waals surface area (Å²) in [6.45, 7) is 0.354. The molecule has 0 atom stereocenters. The molecule has 0 aromatic heterocycles. The normalized spacial score (nSPS) is 11.4. The Labute approximate surface area is 140 Å². The summed E-state index contributed by atoms with van der Waals surface area (Å²) < 4.78 is 31.8. The lowest BCUT2D eigenvalue weighted by atomic mass is 10.2. The van der Waals surface area contributed by atoms with Crippen LogP contribution in [0.1, 0.15) is 5.56 Å². The quantitative estimate of drug-likeness (QED) is 0.769. The van der Waals surface area contributed by atoms with E-state index in [4.69, 9.17) is 27.9 Å². The van der Waals surface area contributed by atoms with Crippen molar-refractivity contribution in [2.24, 2.45) is 0 Å². The zero-order chi connectivity index (χ0) is 16.0. The molecule has 0 bridgehead atoms. The highest BCUT2D eigenvalue weighted by Crippen LogP contribution is 2.22. The van der Waals surface area contributed by atoms with E-state index in [1.54, 1.807) is 48.5 Å². The monoisotopic (exact) mass is 359 g/mol. The number of halogens is 2. The van der Waals surface area contributed by atoms with Crippen LogP contribution in [0.15, 0.2) is 48.5 Å². The van der Waals surface area contributed by atoms with Crippen molar-refractivity contribution in [3.63, 3.8) is 0 Å². The third kappa shape index (κ3) is 5.50. The second-order valence-electron chi connectivity index (χ2n) is 4.56. The maximum Gasteiger partial charge on any atom is 0.215 e. The number of ether oxygens (including phenoxy) is 1. The van der Waals surface area contributed by atoms with E-state index in [0.717, 1.165) is 0 Å². The van der Waals surface area contributed by atoms with Gasteiger partial charge < -0.3 is 4.74 Å². The third-order valence-electron chi connectivity index (χ3n) is 2.76. The Hall–Kier alpha value is -1.27. The number of nitrogens with one attached hydrogen (secondary N) is 1. The van der Waals surface area contributed by atoms with Crippen LogP contribution in [-0.2, 0) is 15.8 Å². The Morgan fingerprint density at radius 3 is 2.55 bits per heavy atom. The van der Waals surface area contributed by atoms with Crippen LogP contribution in [0, 0.1) is 0 Å². The fourth-order valence-electron chi connectivity index (χ4n) is 1.82. The van der Waals surface area contributed by atoms with Gasteiger partial charge in [-0.1, -0.05) is 47.5 Å². The smallest absolute Gasteiger partial charge is 0.215 e. The number of hydrogen-bond donors (Lipinski definition) is 1. The number of benzene rings is 2. The summed E-state index contributed by atoms with van der Waals surface area (Å²) in [5, 5.41) is 0.999. The topological polar surface area (TPSA) is 55.4 Å². The van der Waals surface area contributed by atoms with Crippen molar-refractivity contribution >= 4 is 33.2 Å². The first kappa shape index (κ1) is 17.1. The number of sulfonamides is 1. The Bertz CT molecular complexity index is 735. The summed E-state index contributed by atoms with van der Waals surface area (Å²) in [5.41, 5.74) is 0.632. The minimum atomic E-state index is -3.44. The fraction of sp³-hybridized carbons (Fsp3) is 0.200. The lowest BCUT2D eigenvalue weighted by molar-refractivity contribution is 0.323. The van der Waals surface area contributed by atoms with Crippen molar-refractivity contribution < 1.29 is 13.2 Å². The average Bonchev–Trinajstić information content (AvgIpc) is 2.45. The molecule has 0 unspecified atom stereocenters. The van der Waals surface area contributed by atoms with Gasteiger partial charge in [-0.05, 0) is 29.8 Å². The van der Waals surface area contributed by atoms with Gasteiger partial charge in [-0.2, -0.15) is 0 Å². The highest BCUT2D eigenvalue weighted by molar-refractivity contribution is 7.88. The summed E-state index contributed by atoms with van der Waals surface area (Å²) in [6.07, 6.45) is 0. The summed E-state index contributed by atoms with van der Waals surface area (Å²) >= 11 is 11.8. The average molecular weight is 360 g/mol. The van der Waals surface area contributed by atoms with Gasteiger partial charge in [-0.3, -0.25) is 0 Å². The predicted molar refractivity (Wildman–Crippen MR) is 89.0 cm³/mol. The van der Waals surface area contributed by atoms with Crippen LogP contribution in [-0.4, -0.2) is 21.6 Å².